The van der Waals surface area contributed by atoms with Gasteiger partial charge < -0.3 is 0 Å². The van der Waals surface area contributed by atoms with Gasteiger partial charge in [0.15, 0.2) is 0 Å². The van der Waals surface area contributed by atoms with Crippen LogP contribution in [0.2, 0.25) is 0 Å². The molecule has 1 heterocycles. The maximum absolute atomic E-state index is 4.14. The molecule has 0 fully saturated rings. The highest BCUT2D eigenvalue weighted by Gasteiger charge is 2.20. The monoisotopic (exact) mass is 200 g/mol. The number of H-pyrrole nitrogens is 1. The number of aromatic amines is 1. The molecular formula is C13H16N2. The van der Waals surface area contributed by atoms with Crippen LogP contribution in [0.5, 0.6) is 0 Å². The lowest BCUT2D eigenvalue weighted by molar-refractivity contribution is 0.568. The van der Waals surface area contributed by atoms with Crippen LogP contribution in [0.15, 0.2) is 36.5 Å². The summed E-state index contributed by atoms with van der Waals surface area (Å²) in [5, 5.41) is 7.23. The number of nitrogens with one attached hydrogen (secondary N) is 1. The van der Waals surface area contributed by atoms with Crippen molar-refractivity contribution in [3.05, 3.63) is 42.2 Å². The SMILES string of the molecule is CC(C)(C)c1[nH]ncc1-c1ccccc1. The number of rotatable bonds is 1. The Bertz CT molecular complexity index is 435. The predicted octanol–water partition coefficient (Wildman–Crippen LogP) is 3.37. The van der Waals surface area contributed by atoms with Crippen molar-refractivity contribution in [1.82, 2.24) is 10.2 Å². The molecule has 0 radical (unpaired) electrons. The largest absolute Gasteiger partial charge is 0.281 e. The predicted molar refractivity (Wildman–Crippen MR) is 62.7 cm³/mol. The first kappa shape index (κ1) is 9.97. The van der Waals surface area contributed by atoms with Crippen molar-refractivity contribution >= 4 is 0 Å². The van der Waals surface area contributed by atoms with Crippen LogP contribution in [0.1, 0.15) is 26.5 Å². The van der Waals surface area contributed by atoms with Crippen LogP contribution in [0.4, 0.5) is 0 Å². The quantitative estimate of drug-likeness (QED) is 0.751. The molecule has 0 amide bonds. The summed E-state index contributed by atoms with van der Waals surface area (Å²) in [7, 11) is 0. The molecule has 15 heavy (non-hydrogen) atoms. The molecule has 78 valence electrons. The summed E-state index contributed by atoms with van der Waals surface area (Å²) in [6.07, 6.45) is 1.90. The van der Waals surface area contributed by atoms with Crippen molar-refractivity contribution in [3.63, 3.8) is 0 Å². The van der Waals surface area contributed by atoms with E-state index in [1.165, 1.54) is 16.8 Å². The van der Waals surface area contributed by atoms with Gasteiger partial charge in [-0.15, -0.1) is 0 Å². The molecule has 2 nitrogen and oxygen atoms in total. The molecule has 0 saturated carbocycles. The zero-order valence-electron chi connectivity index (χ0n) is 9.41. The molecule has 2 rings (SSSR count). The van der Waals surface area contributed by atoms with E-state index < -0.39 is 0 Å². The molecule has 2 aromatic rings. The van der Waals surface area contributed by atoms with E-state index in [-0.39, 0.29) is 5.41 Å². The van der Waals surface area contributed by atoms with Gasteiger partial charge in [0, 0.05) is 16.7 Å². The van der Waals surface area contributed by atoms with Crippen molar-refractivity contribution in [2.45, 2.75) is 26.2 Å². The van der Waals surface area contributed by atoms with Crippen molar-refractivity contribution < 1.29 is 0 Å². The minimum atomic E-state index is 0.0989. The molecule has 2 heteroatoms. The van der Waals surface area contributed by atoms with Gasteiger partial charge in [0.25, 0.3) is 0 Å². The third-order valence-electron chi connectivity index (χ3n) is 2.47. The smallest absolute Gasteiger partial charge is 0.0568 e. The van der Waals surface area contributed by atoms with Gasteiger partial charge in [-0.05, 0) is 5.56 Å². The lowest BCUT2D eigenvalue weighted by atomic mass is 9.87. The molecule has 1 aromatic carbocycles. The maximum atomic E-state index is 4.14. The highest BCUT2D eigenvalue weighted by atomic mass is 15.1. The molecule has 0 bridgehead atoms. The molecule has 0 aliphatic rings. The topological polar surface area (TPSA) is 28.7 Å². The van der Waals surface area contributed by atoms with Crippen LogP contribution >= 0.6 is 0 Å². The molecule has 0 atom stereocenters. The fourth-order valence-electron chi connectivity index (χ4n) is 1.69. The van der Waals surface area contributed by atoms with Crippen LogP contribution in [-0.2, 0) is 5.41 Å². The summed E-state index contributed by atoms with van der Waals surface area (Å²) < 4.78 is 0. The number of hydrogen-bond acceptors (Lipinski definition) is 1. The van der Waals surface area contributed by atoms with Crippen molar-refractivity contribution in [3.8, 4) is 11.1 Å². The van der Waals surface area contributed by atoms with Crippen molar-refractivity contribution in [2.75, 3.05) is 0 Å². The first-order valence-electron chi connectivity index (χ1n) is 5.18. The standard InChI is InChI=1S/C13H16N2/c1-13(2,3)12-11(9-14-15-12)10-7-5-4-6-8-10/h4-9H,1-3H3,(H,14,15). The lowest BCUT2D eigenvalue weighted by Crippen LogP contribution is -2.13. The van der Waals surface area contributed by atoms with E-state index >= 15 is 0 Å². The minimum absolute atomic E-state index is 0.0989. The van der Waals surface area contributed by atoms with E-state index in [4.69, 9.17) is 0 Å². The summed E-state index contributed by atoms with van der Waals surface area (Å²) in [5.74, 6) is 0. The zero-order chi connectivity index (χ0) is 10.9. The Morgan fingerprint density at radius 1 is 1.07 bits per heavy atom. The van der Waals surface area contributed by atoms with Gasteiger partial charge >= 0.3 is 0 Å². The first-order chi connectivity index (χ1) is 7.09. The third-order valence-corrected chi connectivity index (χ3v) is 2.47. The summed E-state index contributed by atoms with van der Waals surface area (Å²) in [4.78, 5) is 0. The minimum Gasteiger partial charge on any atom is -0.281 e. The van der Waals surface area contributed by atoms with Gasteiger partial charge in [0.1, 0.15) is 0 Å². The Hall–Kier alpha value is -1.57. The summed E-state index contributed by atoms with van der Waals surface area (Å²) in [6.45, 7) is 6.56. The Kier molecular flexibility index (Phi) is 2.35. The fraction of sp³-hybridized carbons (Fsp3) is 0.308. The van der Waals surface area contributed by atoms with Crippen molar-refractivity contribution in [1.29, 1.82) is 0 Å². The first-order valence-corrected chi connectivity index (χ1v) is 5.18. The van der Waals surface area contributed by atoms with Crippen LogP contribution in [0.3, 0.4) is 0 Å². The van der Waals surface area contributed by atoms with E-state index in [9.17, 15) is 0 Å². The van der Waals surface area contributed by atoms with E-state index in [1.54, 1.807) is 0 Å². The maximum Gasteiger partial charge on any atom is 0.0568 e. The second kappa shape index (κ2) is 3.54. The highest BCUT2D eigenvalue weighted by molar-refractivity contribution is 5.66. The van der Waals surface area contributed by atoms with Gasteiger partial charge in [-0.2, -0.15) is 5.10 Å². The molecule has 0 saturated heterocycles. The number of hydrogen-bond donors (Lipinski definition) is 1. The van der Waals surface area contributed by atoms with Crippen molar-refractivity contribution in [2.24, 2.45) is 0 Å². The summed E-state index contributed by atoms with van der Waals surface area (Å²) in [5.41, 5.74) is 3.70. The van der Waals surface area contributed by atoms with Gasteiger partial charge in [-0.3, -0.25) is 5.10 Å². The molecule has 0 spiro atoms. The van der Waals surface area contributed by atoms with Crippen LogP contribution in [0.25, 0.3) is 11.1 Å². The molecule has 0 aliphatic carbocycles. The van der Waals surface area contributed by atoms with Gasteiger partial charge in [0.2, 0.25) is 0 Å². The highest BCUT2D eigenvalue weighted by Crippen LogP contribution is 2.30. The second-order valence-corrected chi connectivity index (χ2v) is 4.77. The Morgan fingerprint density at radius 2 is 1.73 bits per heavy atom. The number of nitrogens with zero attached hydrogens (tertiary/aromatic N) is 1. The number of aromatic nitrogens is 2. The average Bonchev–Trinajstić information content (AvgIpc) is 2.67. The fourth-order valence-corrected chi connectivity index (χ4v) is 1.69. The van der Waals surface area contributed by atoms with E-state index in [1.807, 2.05) is 12.3 Å². The van der Waals surface area contributed by atoms with Crippen LogP contribution in [0, 0.1) is 0 Å². The van der Waals surface area contributed by atoms with E-state index in [0.29, 0.717) is 0 Å². The van der Waals surface area contributed by atoms with Gasteiger partial charge in [-0.1, -0.05) is 51.1 Å². The molecule has 0 aliphatic heterocycles. The zero-order valence-corrected chi connectivity index (χ0v) is 9.41. The normalized spacial score (nSPS) is 11.7. The lowest BCUT2D eigenvalue weighted by Gasteiger charge is -2.18. The molecule has 0 unspecified atom stereocenters. The Labute approximate surface area is 90.3 Å². The molecular weight excluding hydrogens is 184 g/mol. The van der Waals surface area contributed by atoms with Crippen LogP contribution in [-0.4, -0.2) is 10.2 Å². The van der Waals surface area contributed by atoms with E-state index in [0.717, 1.165) is 0 Å². The van der Waals surface area contributed by atoms with Gasteiger partial charge in [0.05, 0.1) is 6.20 Å². The van der Waals surface area contributed by atoms with E-state index in [2.05, 4.69) is 55.2 Å². The average molecular weight is 200 g/mol. The number of benzene rings is 1. The molecule has 1 aromatic heterocycles. The summed E-state index contributed by atoms with van der Waals surface area (Å²) >= 11 is 0. The second-order valence-electron chi connectivity index (χ2n) is 4.77. The molecule has 1 N–H and O–H groups in total. The Balaban J connectivity index is 2.51. The summed E-state index contributed by atoms with van der Waals surface area (Å²) in [6, 6.07) is 10.4. The van der Waals surface area contributed by atoms with Gasteiger partial charge in [-0.25, -0.2) is 0 Å². The Morgan fingerprint density at radius 3 is 2.33 bits per heavy atom. The van der Waals surface area contributed by atoms with Crippen LogP contribution < -0.4 is 0 Å². The third kappa shape index (κ3) is 1.94.